The van der Waals surface area contributed by atoms with Gasteiger partial charge in [0.15, 0.2) is 5.82 Å². The van der Waals surface area contributed by atoms with E-state index in [-0.39, 0.29) is 5.82 Å². The molecule has 0 unspecified atom stereocenters. The maximum atomic E-state index is 14.1. The second-order valence-corrected chi connectivity index (χ2v) is 9.87. The van der Waals surface area contributed by atoms with Gasteiger partial charge in [0.1, 0.15) is 17.5 Å². The van der Waals surface area contributed by atoms with Gasteiger partial charge in [-0.05, 0) is 62.6 Å². The number of nitrogens with zero attached hydrogens (tertiary/aromatic N) is 5. The Morgan fingerprint density at radius 2 is 1.77 bits per heavy atom. The number of fused-ring (bicyclic) bond motifs is 1. The lowest BCUT2D eigenvalue weighted by molar-refractivity contribution is 0.122. The fourth-order valence-corrected chi connectivity index (χ4v) is 5.27. The fraction of sp³-hybridized carbons (Fsp3) is 0.577. The van der Waals surface area contributed by atoms with Crippen molar-refractivity contribution in [1.82, 2.24) is 19.5 Å². The first-order valence-electron chi connectivity index (χ1n) is 12.7. The third-order valence-corrected chi connectivity index (χ3v) is 7.24. The maximum Gasteiger partial charge on any atom is 0.296 e. The lowest BCUT2D eigenvalue weighted by Gasteiger charge is -2.28. The summed E-state index contributed by atoms with van der Waals surface area (Å²) in [6.45, 7) is 4.61. The van der Waals surface area contributed by atoms with Gasteiger partial charge in [0.25, 0.3) is 6.43 Å². The van der Waals surface area contributed by atoms with E-state index in [4.69, 9.17) is 20.4 Å². The second kappa shape index (κ2) is 10.5. The SMILES string of the molecule is Cc1ccc2nc(C(F)F)n(-c3cc(N4CCOCC4)nc(CCC[C@H]4CC[C@H](N)CC4)n3)c2c1. The van der Waals surface area contributed by atoms with Crippen molar-refractivity contribution in [3.8, 4) is 5.82 Å². The van der Waals surface area contributed by atoms with Crippen molar-refractivity contribution in [1.29, 1.82) is 0 Å². The Morgan fingerprint density at radius 3 is 2.51 bits per heavy atom. The van der Waals surface area contributed by atoms with E-state index < -0.39 is 6.43 Å². The van der Waals surface area contributed by atoms with Gasteiger partial charge in [-0.15, -0.1) is 0 Å². The summed E-state index contributed by atoms with van der Waals surface area (Å²) in [5.41, 5.74) is 8.21. The van der Waals surface area contributed by atoms with E-state index in [1.165, 1.54) is 17.4 Å². The summed E-state index contributed by atoms with van der Waals surface area (Å²) < 4.78 is 35.2. The Balaban J connectivity index is 1.48. The topological polar surface area (TPSA) is 82.1 Å². The third-order valence-electron chi connectivity index (χ3n) is 7.24. The second-order valence-electron chi connectivity index (χ2n) is 9.87. The van der Waals surface area contributed by atoms with Crippen LogP contribution < -0.4 is 10.6 Å². The van der Waals surface area contributed by atoms with Crippen molar-refractivity contribution in [2.75, 3.05) is 31.2 Å². The first-order valence-corrected chi connectivity index (χ1v) is 12.7. The van der Waals surface area contributed by atoms with Gasteiger partial charge < -0.3 is 15.4 Å². The van der Waals surface area contributed by atoms with E-state index in [0.717, 1.165) is 37.1 Å². The highest BCUT2D eigenvalue weighted by molar-refractivity contribution is 5.79. The van der Waals surface area contributed by atoms with Crippen LogP contribution in [-0.4, -0.2) is 51.9 Å². The number of anilines is 1. The van der Waals surface area contributed by atoms with Crippen LogP contribution in [-0.2, 0) is 11.2 Å². The quantitative estimate of drug-likeness (QED) is 0.522. The maximum absolute atomic E-state index is 14.1. The number of imidazole rings is 1. The molecule has 1 saturated heterocycles. The van der Waals surface area contributed by atoms with E-state index in [1.807, 2.05) is 25.1 Å². The van der Waals surface area contributed by atoms with E-state index in [2.05, 4.69) is 9.88 Å². The van der Waals surface area contributed by atoms with Crippen LogP contribution in [0.25, 0.3) is 16.9 Å². The summed E-state index contributed by atoms with van der Waals surface area (Å²) in [5.74, 6) is 2.30. The van der Waals surface area contributed by atoms with Gasteiger partial charge in [-0.1, -0.05) is 12.5 Å². The molecule has 0 bridgehead atoms. The highest BCUT2D eigenvalue weighted by Gasteiger charge is 2.24. The van der Waals surface area contributed by atoms with Crippen molar-refractivity contribution in [3.05, 3.63) is 41.5 Å². The van der Waals surface area contributed by atoms with Crippen LogP contribution in [0, 0.1) is 12.8 Å². The van der Waals surface area contributed by atoms with Crippen molar-refractivity contribution < 1.29 is 13.5 Å². The van der Waals surface area contributed by atoms with Crippen LogP contribution in [0.15, 0.2) is 24.3 Å². The smallest absolute Gasteiger partial charge is 0.296 e. The largest absolute Gasteiger partial charge is 0.378 e. The zero-order valence-electron chi connectivity index (χ0n) is 20.3. The number of hydrogen-bond acceptors (Lipinski definition) is 6. The molecule has 3 heterocycles. The molecule has 35 heavy (non-hydrogen) atoms. The number of aryl methyl sites for hydroxylation is 2. The molecule has 188 valence electrons. The Bertz CT molecular complexity index is 1150. The molecule has 0 atom stereocenters. The van der Waals surface area contributed by atoms with E-state index in [1.54, 1.807) is 6.07 Å². The molecule has 2 fully saturated rings. The van der Waals surface area contributed by atoms with E-state index in [9.17, 15) is 8.78 Å². The number of nitrogens with two attached hydrogens (primary N) is 1. The summed E-state index contributed by atoms with van der Waals surface area (Å²) in [5, 5.41) is 0. The zero-order valence-corrected chi connectivity index (χ0v) is 20.3. The average molecular weight is 485 g/mol. The molecular weight excluding hydrogens is 450 g/mol. The lowest BCUT2D eigenvalue weighted by atomic mass is 9.83. The van der Waals surface area contributed by atoms with Gasteiger partial charge in [0.05, 0.1) is 24.2 Å². The first-order chi connectivity index (χ1) is 17.0. The number of aromatic nitrogens is 4. The van der Waals surface area contributed by atoms with Crippen molar-refractivity contribution >= 4 is 16.9 Å². The van der Waals surface area contributed by atoms with Gasteiger partial charge in [0.2, 0.25) is 0 Å². The first kappa shape index (κ1) is 24.1. The minimum absolute atomic E-state index is 0.290. The molecule has 0 amide bonds. The standard InChI is InChI=1S/C26H34F2N6O/c1-17-5-10-20-21(15-17)34(26(30-20)25(27)28)24-16-23(33-11-13-35-14-12-33)31-22(32-24)4-2-3-18-6-8-19(29)9-7-18/h5,10,15-16,18-19,25H,2-4,6-9,11-14,29H2,1H3/t18-,19-. The number of benzene rings is 1. The van der Waals surface area contributed by atoms with E-state index in [0.29, 0.717) is 67.4 Å². The molecule has 3 aromatic rings. The Morgan fingerprint density at radius 1 is 1.03 bits per heavy atom. The van der Waals surface area contributed by atoms with Gasteiger partial charge in [0, 0.05) is 31.6 Å². The average Bonchev–Trinajstić information content (AvgIpc) is 3.25. The zero-order chi connectivity index (χ0) is 24.4. The normalized spacial score (nSPS) is 21.2. The number of morpholine rings is 1. The summed E-state index contributed by atoms with van der Waals surface area (Å²) in [7, 11) is 0. The minimum Gasteiger partial charge on any atom is -0.378 e. The van der Waals surface area contributed by atoms with Crippen molar-refractivity contribution in [2.24, 2.45) is 11.7 Å². The summed E-state index contributed by atoms with van der Waals surface area (Å²) in [6, 6.07) is 7.72. The summed E-state index contributed by atoms with van der Waals surface area (Å²) in [6.07, 6.45) is 4.63. The summed E-state index contributed by atoms with van der Waals surface area (Å²) in [4.78, 5) is 16.0. The van der Waals surface area contributed by atoms with Gasteiger partial charge in [-0.25, -0.2) is 23.7 Å². The molecule has 1 aromatic carbocycles. The fourth-order valence-electron chi connectivity index (χ4n) is 5.27. The Labute approximate surface area is 204 Å². The molecule has 5 rings (SSSR count). The van der Waals surface area contributed by atoms with Crippen molar-refractivity contribution in [3.63, 3.8) is 0 Å². The third kappa shape index (κ3) is 5.46. The molecule has 2 aliphatic rings. The van der Waals surface area contributed by atoms with Gasteiger partial charge >= 0.3 is 0 Å². The van der Waals surface area contributed by atoms with Crippen LogP contribution in [0.3, 0.4) is 0 Å². The Hall–Kier alpha value is -2.65. The molecule has 7 nitrogen and oxygen atoms in total. The van der Waals surface area contributed by atoms with Gasteiger partial charge in [-0.3, -0.25) is 4.57 Å². The molecule has 0 radical (unpaired) electrons. The van der Waals surface area contributed by atoms with Crippen LogP contribution in [0.1, 0.15) is 62.2 Å². The molecular formula is C26H34F2N6O. The number of hydrogen-bond donors (Lipinski definition) is 1. The van der Waals surface area contributed by atoms with Crippen LogP contribution in [0.5, 0.6) is 0 Å². The van der Waals surface area contributed by atoms with Crippen LogP contribution >= 0.6 is 0 Å². The van der Waals surface area contributed by atoms with Crippen LogP contribution in [0.2, 0.25) is 0 Å². The molecule has 2 aromatic heterocycles. The Kier molecular flexibility index (Phi) is 7.24. The predicted molar refractivity (Wildman–Crippen MR) is 132 cm³/mol. The molecule has 2 N–H and O–H groups in total. The molecule has 1 aliphatic carbocycles. The highest BCUT2D eigenvalue weighted by atomic mass is 19.3. The number of halogens is 2. The number of rotatable bonds is 7. The van der Waals surface area contributed by atoms with E-state index >= 15 is 0 Å². The molecule has 9 heteroatoms. The molecule has 1 aliphatic heterocycles. The number of ether oxygens (including phenoxy) is 1. The number of alkyl halides is 2. The highest BCUT2D eigenvalue weighted by Crippen LogP contribution is 2.30. The monoisotopic (exact) mass is 484 g/mol. The van der Waals surface area contributed by atoms with Crippen molar-refractivity contribution in [2.45, 2.75) is 64.3 Å². The van der Waals surface area contributed by atoms with Crippen LogP contribution in [0.4, 0.5) is 14.6 Å². The lowest BCUT2D eigenvalue weighted by Crippen LogP contribution is -2.37. The summed E-state index contributed by atoms with van der Waals surface area (Å²) >= 11 is 0. The molecule has 0 spiro atoms. The molecule has 1 saturated carbocycles. The predicted octanol–water partition coefficient (Wildman–Crippen LogP) is 4.74. The minimum atomic E-state index is -2.72. The van der Waals surface area contributed by atoms with Gasteiger partial charge in [-0.2, -0.15) is 0 Å².